The zero-order valence-electron chi connectivity index (χ0n) is 10.9. The number of nitrogens with zero attached hydrogens (tertiary/aromatic N) is 2. The molecule has 0 bridgehead atoms. The van der Waals surface area contributed by atoms with Gasteiger partial charge in [-0.2, -0.15) is 0 Å². The van der Waals surface area contributed by atoms with Crippen LogP contribution in [0.3, 0.4) is 0 Å². The molecule has 0 radical (unpaired) electrons. The number of rotatable bonds is 6. The third-order valence-corrected chi connectivity index (χ3v) is 2.74. The Morgan fingerprint density at radius 2 is 2.05 bits per heavy atom. The minimum atomic E-state index is -0.147. The zero-order valence-corrected chi connectivity index (χ0v) is 10.9. The second kappa shape index (κ2) is 6.82. The molecule has 1 heterocycles. The van der Waals surface area contributed by atoms with Gasteiger partial charge in [0.2, 0.25) is 0 Å². The summed E-state index contributed by atoms with van der Waals surface area (Å²) in [4.78, 5) is 8.03. The highest BCUT2D eigenvalue weighted by Crippen LogP contribution is 2.23. The van der Waals surface area contributed by atoms with Crippen LogP contribution in [-0.2, 0) is 0 Å². The van der Waals surface area contributed by atoms with E-state index in [0.717, 1.165) is 23.3 Å². The third kappa shape index (κ3) is 3.49. The molecule has 1 aromatic carbocycles. The first-order valence-corrected chi connectivity index (χ1v) is 6.29. The van der Waals surface area contributed by atoms with Crippen molar-refractivity contribution in [2.45, 2.75) is 19.4 Å². The van der Waals surface area contributed by atoms with Gasteiger partial charge in [0.1, 0.15) is 12.1 Å². The van der Waals surface area contributed by atoms with E-state index in [0.29, 0.717) is 6.61 Å². The summed E-state index contributed by atoms with van der Waals surface area (Å²) in [6.45, 7) is 2.79. The van der Waals surface area contributed by atoms with E-state index in [9.17, 15) is 0 Å². The van der Waals surface area contributed by atoms with Gasteiger partial charge in [0.15, 0.2) is 0 Å². The van der Waals surface area contributed by atoms with Gasteiger partial charge in [0.05, 0.1) is 12.6 Å². The fourth-order valence-electron chi connectivity index (χ4n) is 1.85. The smallest absolute Gasteiger partial charge is 0.119 e. The fourth-order valence-corrected chi connectivity index (χ4v) is 1.85. The molecule has 2 aromatic rings. The Morgan fingerprint density at radius 3 is 2.74 bits per heavy atom. The van der Waals surface area contributed by atoms with Crippen molar-refractivity contribution < 1.29 is 4.74 Å². The number of nitrogens with two attached hydrogens (primary N) is 1. The van der Waals surface area contributed by atoms with Crippen molar-refractivity contribution in [1.29, 1.82) is 0 Å². The molecule has 1 aromatic heterocycles. The highest BCUT2D eigenvalue weighted by atomic mass is 16.5. The van der Waals surface area contributed by atoms with Crippen molar-refractivity contribution in [3.63, 3.8) is 0 Å². The van der Waals surface area contributed by atoms with Crippen molar-refractivity contribution in [3.05, 3.63) is 54.1 Å². The number of hydrogen-bond acceptors (Lipinski definition) is 5. The lowest BCUT2D eigenvalue weighted by Crippen LogP contribution is -2.29. The largest absolute Gasteiger partial charge is 0.494 e. The Labute approximate surface area is 112 Å². The average molecular weight is 258 g/mol. The van der Waals surface area contributed by atoms with Crippen molar-refractivity contribution in [2.24, 2.45) is 5.84 Å². The summed E-state index contributed by atoms with van der Waals surface area (Å²) >= 11 is 0. The molecule has 1 unspecified atom stereocenters. The number of benzene rings is 1. The van der Waals surface area contributed by atoms with E-state index >= 15 is 0 Å². The summed E-state index contributed by atoms with van der Waals surface area (Å²) in [6.07, 6.45) is 5.97. The van der Waals surface area contributed by atoms with Crippen LogP contribution in [0.1, 0.15) is 30.5 Å². The molecule has 0 fully saturated rings. The summed E-state index contributed by atoms with van der Waals surface area (Å²) < 4.78 is 5.63. The van der Waals surface area contributed by atoms with E-state index in [-0.39, 0.29) is 6.04 Å². The van der Waals surface area contributed by atoms with Crippen molar-refractivity contribution in [1.82, 2.24) is 15.4 Å². The molecule has 0 aliphatic heterocycles. The summed E-state index contributed by atoms with van der Waals surface area (Å²) in [5.74, 6) is 6.48. The van der Waals surface area contributed by atoms with Crippen LogP contribution in [0.5, 0.6) is 5.75 Å². The monoisotopic (exact) mass is 258 g/mol. The topological polar surface area (TPSA) is 73.1 Å². The maximum atomic E-state index is 5.64. The lowest BCUT2D eigenvalue weighted by molar-refractivity contribution is 0.317. The van der Waals surface area contributed by atoms with E-state index < -0.39 is 0 Å². The SMILES string of the molecule is CCCOc1cccc(C(NN)c2cncnc2)c1. The molecule has 0 saturated heterocycles. The van der Waals surface area contributed by atoms with Crippen LogP contribution < -0.4 is 16.0 Å². The highest BCUT2D eigenvalue weighted by molar-refractivity contribution is 5.35. The van der Waals surface area contributed by atoms with E-state index in [4.69, 9.17) is 10.6 Å². The zero-order chi connectivity index (χ0) is 13.5. The molecule has 5 heteroatoms. The van der Waals surface area contributed by atoms with Crippen molar-refractivity contribution in [2.75, 3.05) is 6.61 Å². The first-order valence-electron chi connectivity index (χ1n) is 6.29. The van der Waals surface area contributed by atoms with Gasteiger partial charge in [0, 0.05) is 18.0 Å². The minimum absolute atomic E-state index is 0.147. The number of aromatic nitrogens is 2. The highest BCUT2D eigenvalue weighted by Gasteiger charge is 2.13. The Bertz CT molecular complexity index is 504. The van der Waals surface area contributed by atoms with Crippen LogP contribution in [0.2, 0.25) is 0 Å². The Balaban J connectivity index is 2.23. The molecule has 0 saturated carbocycles. The molecule has 0 aliphatic carbocycles. The van der Waals surface area contributed by atoms with Crippen molar-refractivity contribution >= 4 is 0 Å². The summed E-state index contributed by atoms with van der Waals surface area (Å²) in [7, 11) is 0. The molecule has 0 amide bonds. The van der Waals surface area contributed by atoms with Gasteiger partial charge < -0.3 is 4.74 Å². The number of hydrogen-bond donors (Lipinski definition) is 2. The standard InChI is InChI=1S/C14H18N4O/c1-2-6-19-13-5-3-4-11(7-13)14(18-15)12-8-16-10-17-9-12/h3-5,7-10,14,18H,2,6,15H2,1H3. The fraction of sp³-hybridized carbons (Fsp3) is 0.286. The number of hydrazine groups is 1. The first kappa shape index (κ1) is 13.5. The van der Waals surface area contributed by atoms with Crippen molar-refractivity contribution in [3.8, 4) is 5.75 Å². The van der Waals surface area contributed by atoms with Crippen LogP contribution in [0, 0.1) is 0 Å². The molecule has 1 atom stereocenters. The lowest BCUT2D eigenvalue weighted by atomic mass is 10.0. The molecule has 5 nitrogen and oxygen atoms in total. The van der Waals surface area contributed by atoms with Crippen LogP contribution >= 0.6 is 0 Å². The van der Waals surface area contributed by atoms with E-state index in [1.807, 2.05) is 24.3 Å². The van der Waals surface area contributed by atoms with Gasteiger partial charge in [-0.25, -0.2) is 15.4 Å². The van der Waals surface area contributed by atoms with Gasteiger partial charge in [-0.05, 0) is 24.1 Å². The second-order valence-electron chi connectivity index (χ2n) is 4.19. The normalized spacial score (nSPS) is 12.1. The molecule has 2 rings (SSSR count). The average Bonchev–Trinajstić information content (AvgIpc) is 2.47. The van der Waals surface area contributed by atoms with Crippen LogP contribution in [0.25, 0.3) is 0 Å². The quantitative estimate of drug-likeness (QED) is 0.610. The van der Waals surface area contributed by atoms with E-state index in [1.165, 1.54) is 6.33 Å². The number of ether oxygens (including phenoxy) is 1. The van der Waals surface area contributed by atoms with Crippen LogP contribution in [0.4, 0.5) is 0 Å². The second-order valence-corrected chi connectivity index (χ2v) is 4.19. The number of nitrogens with one attached hydrogen (secondary N) is 1. The van der Waals surface area contributed by atoms with Crippen LogP contribution in [-0.4, -0.2) is 16.6 Å². The lowest BCUT2D eigenvalue weighted by Gasteiger charge is -2.17. The predicted molar refractivity (Wildman–Crippen MR) is 73.4 cm³/mol. The summed E-state index contributed by atoms with van der Waals surface area (Å²) in [5.41, 5.74) is 4.72. The molecule has 3 N–H and O–H groups in total. The summed E-state index contributed by atoms with van der Waals surface area (Å²) in [6, 6.07) is 7.72. The van der Waals surface area contributed by atoms with Gasteiger partial charge >= 0.3 is 0 Å². The molecule has 19 heavy (non-hydrogen) atoms. The first-order chi connectivity index (χ1) is 9.35. The third-order valence-electron chi connectivity index (χ3n) is 2.74. The molecular weight excluding hydrogens is 240 g/mol. The van der Waals surface area contributed by atoms with Gasteiger partial charge in [0.25, 0.3) is 0 Å². The maximum absolute atomic E-state index is 5.64. The maximum Gasteiger partial charge on any atom is 0.119 e. The molecule has 0 spiro atoms. The van der Waals surface area contributed by atoms with E-state index in [2.05, 4.69) is 22.3 Å². The summed E-state index contributed by atoms with van der Waals surface area (Å²) in [5, 5.41) is 0. The molecule has 0 aliphatic rings. The predicted octanol–water partition coefficient (Wildman–Crippen LogP) is 1.82. The Kier molecular flexibility index (Phi) is 4.83. The van der Waals surface area contributed by atoms with Crippen LogP contribution in [0.15, 0.2) is 43.0 Å². The van der Waals surface area contributed by atoms with Gasteiger partial charge in [-0.3, -0.25) is 5.84 Å². The minimum Gasteiger partial charge on any atom is -0.494 e. The van der Waals surface area contributed by atoms with E-state index in [1.54, 1.807) is 12.4 Å². The van der Waals surface area contributed by atoms with Gasteiger partial charge in [-0.1, -0.05) is 19.1 Å². The van der Waals surface area contributed by atoms with Gasteiger partial charge in [-0.15, -0.1) is 0 Å². The molecular formula is C14H18N4O. The molecule has 100 valence electrons. The Morgan fingerprint density at radius 1 is 1.26 bits per heavy atom. The Hall–Kier alpha value is -1.98.